The van der Waals surface area contributed by atoms with Crippen molar-refractivity contribution >= 4 is 16.7 Å². The Kier molecular flexibility index (Phi) is 2.97. The quantitative estimate of drug-likeness (QED) is 0.817. The second-order valence-corrected chi connectivity index (χ2v) is 4.49. The molecule has 1 N–H and O–H groups in total. The van der Waals surface area contributed by atoms with Crippen LogP contribution >= 0.6 is 0 Å². The average Bonchev–Trinajstić information content (AvgIpc) is 2.75. The second-order valence-electron chi connectivity index (χ2n) is 4.49. The van der Waals surface area contributed by atoms with E-state index in [1.54, 1.807) is 6.07 Å². The number of carbonyl (C=O) groups is 1. The molecule has 17 heavy (non-hydrogen) atoms. The highest BCUT2D eigenvalue weighted by Crippen LogP contribution is 2.20. The van der Waals surface area contributed by atoms with Crippen molar-refractivity contribution in [2.75, 3.05) is 0 Å². The normalized spacial score (nSPS) is 12.6. The van der Waals surface area contributed by atoms with Crippen LogP contribution in [-0.4, -0.2) is 10.8 Å². The lowest BCUT2D eigenvalue weighted by Crippen LogP contribution is -2.18. The maximum atomic E-state index is 12.1. The number of benzene rings is 1. The predicted octanol–water partition coefficient (Wildman–Crippen LogP) is 3.15. The molecular formula is C14H14N2O. The molecule has 0 aliphatic heterocycles. The lowest BCUT2D eigenvalue weighted by atomic mass is 9.89. The highest BCUT2D eigenvalue weighted by atomic mass is 16.1. The second kappa shape index (κ2) is 4.42. The summed E-state index contributed by atoms with van der Waals surface area (Å²) in [5.74, 6) is -0.631. The fourth-order valence-corrected chi connectivity index (χ4v) is 1.89. The van der Waals surface area contributed by atoms with Gasteiger partial charge in [0.2, 0.25) is 0 Å². The number of nitriles is 1. The van der Waals surface area contributed by atoms with Gasteiger partial charge in [-0.2, -0.15) is 5.26 Å². The molecular weight excluding hydrogens is 212 g/mol. The average molecular weight is 226 g/mol. The number of nitrogens with one attached hydrogen (secondary N) is 1. The molecule has 1 unspecified atom stereocenters. The molecule has 0 saturated carbocycles. The Labute approximate surface area is 100 Å². The first kappa shape index (κ1) is 11.4. The maximum Gasteiger partial charge on any atom is 0.180 e. The molecule has 3 heteroatoms. The van der Waals surface area contributed by atoms with E-state index in [-0.39, 0.29) is 11.7 Å². The van der Waals surface area contributed by atoms with Crippen LogP contribution in [0.15, 0.2) is 30.5 Å². The number of nitrogens with zero attached hydrogens (tertiary/aromatic N) is 1. The van der Waals surface area contributed by atoms with E-state index in [2.05, 4.69) is 11.1 Å². The number of aromatic nitrogens is 1. The number of fused-ring (bicyclic) bond motifs is 1. The van der Waals surface area contributed by atoms with Gasteiger partial charge in [-0.25, -0.2) is 0 Å². The third-order valence-corrected chi connectivity index (χ3v) is 2.93. The van der Waals surface area contributed by atoms with Crippen LogP contribution in [0, 0.1) is 23.2 Å². The van der Waals surface area contributed by atoms with Crippen LogP contribution in [0.25, 0.3) is 10.9 Å². The lowest BCUT2D eigenvalue weighted by Gasteiger charge is -2.11. The zero-order valence-electron chi connectivity index (χ0n) is 9.90. The Bertz CT molecular complexity index is 590. The van der Waals surface area contributed by atoms with E-state index in [1.165, 1.54) is 0 Å². The molecule has 0 amide bonds. The van der Waals surface area contributed by atoms with Crippen molar-refractivity contribution in [2.24, 2.45) is 11.8 Å². The standard InChI is InChI=1S/C14H14N2O/c1-9(2)12(8-15)14(17)11-4-3-10-5-6-16-13(10)7-11/h3-7,9,12,16H,1-2H3. The summed E-state index contributed by atoms with van der Waals surface area (Å²) in [5.41, 5.74) is 1.52. The Morgan fingerprint density at radius 3 is 2.76 bits per heavy atom. The number of H-pyrrole nitrogens is 1. The maximum absolute atomic E-state index is 12.1. The van der Waals surface area contributed by atoms with Crippen LogP contribution in [0.5, 0.6) is 0 Å². The van der Waals surface area contributed by atoms with Crippen LogP contribution in [0.3, 0.4) is 0 Å². The molecule has 3 nitrogen and oxygen atoms in total. The van der Waals surface area contributed by atoms with E-state index in [0.717, 1.165) is 10.9 Å². The molecule has 0 saturated heterocycles. The van der Waals surface area contributed by atoms with Gasteiger partial charge < -0.3 is 4.98 Å². The Hall–Kier alpha value is -2.08. The highest BCUT2D eigenvalue weighted by Gasteiger charge is 2.23. The first-order valence-electron chi connectivity index (χ1n) is 5.64. The summed E-state index contributed by atoms with van der Waals surface area (Å²) in [7, 11) is 0. The molecule has 0 bridgehead atoms. The van der Waals surface area contributed by atoms with Crippen molar-refractivity contribution < 1.29 is 4.79 Å². The number of aromatic amines is 1. The summed E-state index contributed by atoms with van der Waals surface area (Å²) in [6, 6.07) is 9.52. The number of rotatable bonds is 3. The molecule has 86 valence electrons. The molecule has 1 atom stereocenters. The third-order valence-electron chi connectivity index (χ3n) is 2.93. The molecule has 1 aromatic heterocycles. The van der Waals surface area contributed by atoms with Gasteiger partial charge in [-0.1, -0.05) is 26.0 Å². The summed E-state index contributed by atoms with van der Waals surface area (Å²) >= 11 is 0. The fraction of sp³-hybridized carbons (Fsp3) is 0.286. The fourth-order valence-electron chi connectivity index (χ4n) is 1.89. The third kappa shape index (κ3) is 2.07. The predicted molar refractivity (Wildman–Crippen MR) is 66.6 cm³/mol. The minimum absolute atomic E-state index is 0.0341. The van der Waals surface area contributed by atoms with Crippen molar-refractivity contribution in [2.45, 2.75) is 13.8 Å². The van der Waals surface area contributed by atoms with E-state index in [0.29, 0.717) is 5.56 Å². The highest BCUT2D eigenvalue weighted by molar-refractivity contribution is 6.02. The van der Waals surface area contributed by atoms with Gasteiger partial charge in [0.25, 0.3) is 0 Å². The van der Waals surface area contributed by atoms with Gasteiger partial charge in [0, 0.05) is 17.3 Å². The minimum atomic E-state index is -0.567. The topological polar surface area (TPSA) is 56.6 Å². The first-order chi connectivity index (χ1) is 8.13. The van der Waals surface area contributed by atoms with E-state index < -0.39 is 5.92 Å². The van der Waals surface area contributed by atoms with E-state index in [4.69, 9.17) is 5.26 Å². The molecule has 0 fully saturated rings. The Morgan fingerprint density at radius 2 is 2.12 bits per heavy atom. The largest absolute Gasteiger partial charge is 0.361 e. The summed E-state index contributed by atoms with van der Waals surface area (Å²) in [5, 5.41) is 10.1. The molecule has 0 spiro atoms. The molecule has 0 aliphatic carbocycles. The SMILES string of the molecule is CC(C)C(C#N)C(=O)c1ccc2cc[nH]c2c1. The molecule has 0 aliphatic rings. The molecule has 0 radical (unpaired) electrons. The van der Waals surface area contributed by atoms with Gasteiger partial charge in [0.15, 0.2) is 5.78 Å². The van der Waals surface area contributed by atoms with Gasteiger partial charge >= 0.3 is 0 Å². The van der Waals surface area contributed by atoms with Crippen LogP contribution in [0.4, 0.5) is 0 Å². The molecule has 1 heterocycles. The summed E-state index contributed by atoms with van der Waals surface area (Å²) in [6.45, 7) is 3.78. The van der Waals surface area contributed by atoms with Gasteiger partial charge in [-0.15, -0.1) is 0 Å². The zero-order chi connectivity index (χ0) is 12.4. The minimum Gasteiger partial charge on any atom is -0.361 e. The molecule has 2 rings (SSSR count). The summed E-state index contributed by atoms with van der Waals surface area (Å²) in [6.07, 6.45) is 1.84. The van der Waals surface area contributed by atoms with Crippen LogP contribution in [0.1, 0.15) is 24.2 Å². The van der Waals surface area contributed by atoms with Crippen LogP contribution < -0.4 is 0 Å². The Morgan fingerprint density at radius 1 is 1.35 bits per heavy atom. The van der Waals surface area contributed by atoms with Crippen molar-refractivity contribution in [3.05, 3.63) is 36.0 Å². The number of carbonyl (C=O) groups excluding carboxylic acids is 1. The van der Waals surface area contributed by atoms with Crippen LogP contribution in [-0.2, 0) is 0 Å². The summed E-state index contributed by atoms with van der Waals surface area (Å²) < 4.78 is 0. The van der Waals surface area contributed by atoms with Gasteiger partial charge in [0.05, 0.1) is 6.07 Å². The van der Waals surface area contributed by atoms with Crippen molar-refractivity contribution in [1.29, 1.82) is 5.26 Å². The van der Waals surface area contributed by atoms with E-state index in [9.17, 15) is 4.79 Å². The van der Waals surface area contributed by atoms with Gasteiger partial charge in [0.1, 0.15) is 5.92 Å². The lowest BCUT2D eigenvalue weighted by molar-refractivity contribution is 0.0924. The van der Waals surface area contributed by atoms with Crippen molar-refractivity contribution in [3.8, 4) is 6.07 Å². The van der Waals surface area contributed by atoms with E-state index in [1.807, 2.05) is 38.2 Å². The van der Waals surface area contributed by atoms with Crippen molar-refractivity contribution in [3.63, 3.8) is 0 Å². The van der Waals surface area contributed by atoms with Gasteiger partial charge in [-0.05, 0) is 23.4 Å². The number of Topliss-reactive ketones (excluding diaryl/α,β-unsaturated/α-hetero) is 1. The number of hydrogen-bond acceptors (Lipinski definition) is 2. The Balaban J connectivity index is 2.39. The summed E-state index contributed by atoms with van der Waals surface area (Å²) in [4.78, 5) is 15.2. The van der Waals surface area contributed by atoms with Crippen LogP contribution in [0.2, 0.25) is 0 Å². The molecule has 1 aromatic carbocycles. The van der Waals surface area contributed by atoms with Crippen molar-refractivity contribution in [1.82, 2.24) is 4.98 Å². The number of ketones is 1. The monoisotopic (exact) mass is 226 g/mol. The number of hydrogen-bond donors (Lipinski definition) is 1. The zero-order valence-corrected chi connectivity index (χ0v) is 9.90. The molecule has 2 aromatic rings. The first-order valence-corrected chi connectivity index (χ1v) is 5.64. The van der Waals surface area contributed by atoms with E-state index >= 15 is 0 Å². The van der Waals surface area contributed by atoms with Gasteiger partial charge in [-0.3, -0.25) is 4.79 Å². The smallest absolute Gasteiger partial charge is 0.180 e.